The van der Waals surface area contributed by atoms with Crippen molar-refractivity contribution in [3.8, 4) is 45.3 Å². The van der Waals surface area contributed by atoms with Gasteiger partial charge >= 0.3 is 0 Å². The average molecular weight is 292 g/mol. The summed E-state index contributed by atoms with van der Waals surface area (Å²) in [5.74, 6) is 0.808. The molecule has 0 spiro atoms. The van der Waals surface area contributed by atoms with Gasteiger partial charge in [0.15, 0.2) is 11.5 Å². The van der Waals surface area contributed by atoms with Crippen LogP contribution in [0, 0.1) is 0 Å². The van der Waals surface area contributed by atoms with E-state index in [1.54, 1.807) is 0 Å². The summed E-state index contributed by atoms with van der Waals surface area (Å²) in [4.78, 5) is 4.31. The van der Waals surface area contributed by atoms with Crippen molar-refractivity contribution in [1.29, 1.82) is 0 Å². The first-order valence-corrected chi connectivity index (χ1v) is 6.84. The van der Waals surface area contributed by atoms with Crippen LogP contribution in [-0.4, -0.2) is 10.4 Å². The molecule has 0 saturated carbocycles. The minimum absolute atomic E-state index is 0.0477. The summed E-state index contributed by atoms with van der Waals surface area (Å²) in [7, 11) is 0. The lowest BCUT2D eigenvalue weighted by molar-refractivity contribution is -0.139. The fourth-order valence-electron chi connectivity index (χ4n) is 2.69. The molecule has 0 radical (unpaired) electrons. The van der Waals surface area contributed by atoms with Crippen LogP contribution in [0.1, 0.15) is 0 Å². The highest BCUT2D eigenvalue weighted by Crippen LogP contribution is 2.65. The highest BCUT2D eigenvalue weighted by Gasteiger charge is 2.38. The zero-order valence-electron chi connectivity index (χ0n) is 11.5. The van der Waals surface area contributed by atoms with Crippen LogP contribution in [0.3, 0.4) is 0 Å². The van der Waals surface area contributed by atoms with E-state index >= 15 is 0 Å². The highest BCUT2D eigenvalue weighted by molar-refractivity contribution is 5.99. The van der Waals surface area contributed by atoms with Gasteiger partial charge in [-0.05, 0) is 11.1 Å². The number of benzene rings is 3. The molecule has 1 heterocycles. The lowest BCUT2D eigenvalue weighted by Gasteiger charge is -2.11. The number of phenolic OH excluding ortho intramolecular Hbond substituents is 1. The molecule has 0 atom stereocenters. The molecule has 0 aromatic heterocycles. The number of hydrogen-bond donors (Lipinski definition) is 2. The van der Waals surface area contributed by atoms with E-state index in [9.17, 15) is 5.11 Å². The fourth-order valence-corrected chi connectivity index (χ4v) is 2.69. The van der Waals surface area contributed by atoms with Crippen molar-refractivity contribution in [1.82, 2.24) is 0 Å². The average Bonchev–Trinajstić information content (AvgIpc) is 3.35. The van der Waals surface area contributed by atoms with E-state index in [1.165, 1.54) is 0 Å². The molecule has 2 N–H and O–H groups in total. The predicted octanol–water partition coefficient (Wildman–Crippen LogP) is 4.68. The zero-order valence-corrected chi connectivity index (χ0v) is 11.5. The molecular formula is C18H12O4. The maximum absolute atomic E-state index is 10.5. The van der Waals surface area contributed by atoms with Gasteiger partial charge in [-0.3, -0.25) is 0 Å². The molecule has 3 aromatic carbocycles. The van der Waals surface area contributed by atoms with E-state index < -0.39 is 0 Å². The van der Waals surface area contributed by atoms with Crippen molar-refractivity contribution in [3.63, 3.8) is 0 Å². The van der Waals surface area contributed by atoms with Crippen LogP contribution in [0.4, 0.5) is 0 Å². The fraction of sp³-hybridized carbons (Fsp3) is 0. The Kier molecular flexibility index (Phi) is 2.77. The summed E-state index contributed by atoms with van der Waals surface area (Å²) in [6.45, 7) is 0. The molecule has 1 aliphatic rings. The van der Waals surface area contributed by atoms with Crippen LogP contribution < -0.4 is 9.62 Å². The molecule has 0 bridgehead atoms. The normalized spacial score (nSPS) is 11.5. The Hall–Kier alpha value is -2.98. The topological polar surface area (TPSA) is 62.2 Å². The number of ether oxygens (including phenoxy) is 1. The second-order valence-corrected chi connectivity index (χ2v) is 5.01. The lowest BCUT2D eigenvalue weighted by Crippen LogP contribution is -1.88. The molecule has 1 aliphatic heterocycles. The van der Waals surface area contributed by atoms with E-state index in [2.05, 4.69) is 4.89 Å². The van der Waals surface area contributed by atoms with Gasteiger partial charge in [0.1, 0.15) is 0 Å². The third kappa shape index (κ3) is 1.82. The van der Waals surface area contributed by atoms with Crippen LogP contribution in [0.25, 0.3) is 22.3 Å². The van der Waals surface area contributed by atoms with E-state index in [4.69, 9.17) is 9.99 Å². The van der Waals surface area contributed by atoms with E-state index in [1.807, 2.05) is 60.7 Å². The maximum Gasteiger partial charge on any atom is 0.253 e. The monoisotopic (exact) mass is 292 g/mol. The SMILES string of the molecule is OOc1c(O)c(-c2ccccc2)c(-c2ccccc2)c2c1O2. The molecule has 4 rings (SSSR count). The van der Waals surface area contributed by atoms with Crippen molar-refractivity contribution < 1.29 is 20.0 Å². The minimum atomic E-state index is -0.135. The summed E-state index contributed by atoms with van der Waals surface area (Å²) in [6, 6.07) is 19.1. The Bertz CT molecular complexity index is 842. The zero-order chi connectivity index (χ0) is 15.1. The van der Waals surface area contributed by atoms with Crippen molar-refractivity contribution >= 4 is 0 Å². The molecule has 4 nitrogen and oxygen atoms in total. The smallest absolute Gasteiger partial charge is 0.253 e. The molecule has 0 fully saturated rings. The van der Waals surface area contributed by atoms with Crippen LogP contribution in [0.5, 0.6) is 23.0 Å². The standard InChI is InChI=1S/C18H12O4/c19-15-13(11-7-3-1-4-8-11)14(12-9-5-2-6-10-12)16-18(21-16)17(15)22-20/h1-10,19-20H. The third-order valence-corrected chi connectivity index (χ3v) is 3.72. The van der Waals surface area contributed by atoms with E-state index in [0.717, 1.165) is 16.7 Å². The molecule has 0 unspecified atom stereocenters. The maximum atomic E-state index is 10.5. The Morgan fingerprint density at radius 2 is 1.27 bits per heavy atom. The molecule has 3 aromatic rings. The van der Waals surface area contributed by atoms with Crippen molar-refractivity contribution in [2.24, 2.45) is 0 Å². The van der Waals surface area contributed by atoms with Gasteiger partial charge in [0.05, 0.1) is 0 Å². The molecule has 22 heavy (non-hydrogen) atoms. The molecular weight excluding hydrogens is 280 g/mol. The third-order valence-electron chi connectivity index (χ3n) is 3.72. The molecule has 4 heteroatoms. The van der Waals surface area contributed by atoms with Crippen molar-refractivity contribution in [2.45, 2.75) is 0 Å². The Balaban J connectivity index is 2.06. The molecule has 0 saturated heterocycles. The second-order valence-electron chi connectivity index (χ2n) is 5.01. The Morgan fingerprint density at radius 1 is 0.727 bits per heavy atom. The van der Waals surface area contributed by atoms with Gasteiger partial charge in [-0.15, -0.1) is 0 Å². The van der Waals surface area contributed by atoms with Gasteiger partial charge in [0.25, 0.3) is 5.75 Å². The molecule has 108 valence electrons. The quantitative estimate of drug-likeness (QED) is 0.327. The first-order chi connectivity index (χ1) is 10.8. The molecule has 0 aliphatic carbocycles. The largest absolute Gasteiger partial charge is 0.504 e. The van der Waals surface area contributed by atoms with Crippen LogP contribution in [0.15, 0.2) is 60.7 Å². The highest BCUT2D eigenvalue weighted by atomic mass is 17.1. The summed E-state index contributed by atoms with van der Waals surface area (Å²) in [6.07, 6.45) is 0. The summed E-state index contributed by atoms with van der Waals surface area (Å²) >= 11 is 0. The number of rotatable bonds is 3. The lowest BCUT2D eigenvalue weighted by atomic mass is 9.93. The Morgan fingerprint density at radius 3 is 1.82 bits per heavy atom. The number of fused-ring (bicyclic) bond motifs is 1. The van der Waals surface area contributed by atoms with Gasteiger partial charge in [0, 0.05) is 11.1 Å². The summed E-state index contributed by atoms with van der Waals surface area (Å²) in [5, 5.41) is 19.6. The predicted molar refractivity (Wildman–Crippen MR) is 82.3 cm³/mol. The number of aromatic hydroxyl groups is 1. The first-order valence-electron chi connectivity index (χ1n) is 6.84. The van der Waals surface area contributed by atoms with Crippen molar-refractivity contribution in [2.75, 3.05) is 0 Å². The van der Waals surface area contributed by atoms with Crippen molar-refractivity contribution in [3.05, 3.63) is 60.7 Å². The van der Waals surface area contributed by atoms with E-state index in [0.29, 0.717) is 17.1 Å². The number of phenols is 1. The van der Waals surface area contributed by atoms with Crippen LogP contribution in [-0.2, 0) is 0 Å². The summed E-state index contributed by atoms with van der Waals surface area (Å²) < 4.78 is 5.44. The first kappa shape index (κ1) is 12.7. The van der Waals surface area contributed by atoms with E-state index in [-0.39, 0.29) is 11.5 Å². The van der Waals surface area contributed by atoms with Gasteiger partial charge in [0.2, 0.25) is 5.75 Å². The summed E-state index contributed by atoms with van der Waals surface area (Å²) in [5.41, 5.74) is 3.11. The molecule has 0 amide bonds. The minimum Gasteiger partial charge on any atom is -0.504 e. The second kappa shape index (κ2) is 4.79. The van der Waals surface area contributed by atoms with Crippen LogP contribution >= 0.6 is 0 Å². The van der Waals surface area contributed by atoms with Gasteiger partial charge in [-0.1, -0.05) is 60.7 Å². The Labute approximate surface area is 126 Å². The van der Waals surface area contributed by atoms with Crippen LogP contribution in [0.2, 0.25) is 0 Å². The van der Waals surface area contributed by atoms with Gasteiger partial charge in [-0.2, -0.15) is 0 Å². The van der Waals surface area contributed by atoms with Gasteiger partial charge in [-0.25, -0.2) is 5.26 Å². The number of hydrogen-bond acceptors (Lipinski definition) is 4. The van der Waals surface area contributed by atoms with Gasteiger partial charge < -0.3 is 14.7 Å².